The van der Waals surface area contributed by atoms with E-state index in [4.69, 9.17) is 5.11 Å². The standard InChI is InChI=1S/C14H16N2O2/c1-10(7-9-17)16-14(18)12-6-8-15-13-5-3-2-4-11(12)13/h2-6,8,10,17H,7,9H2,1H3,(H,16,18). The number of rotatable bonds is 4. The number of carbonyl (C=O) groups is 1. The van der Waals surface area contributed by atoms with Gasteiger partial charge in [-0.1, -0.05) is 18.2 Å². The van der Waals surface area contributed by atoms with Gasteiger partial charge >= 0.3 is 0 Å². The van der Waals surface area contributed by atoms with Gasteiger partial charge in [0.2, 0.25) is 0 Å². The first-order valence-electron chi connectivity index (χ1n) is 5.98. The van der Waals surface area contributed by atoms with Crippen LogP contribution in [0.15, 0.2) is 36.5 Å². The molecule has 4 nitrogen and oxygen atoms in total. The number of aromatic nitrogens is 1. The van der Waals surface area contributed by atoms with Crippen molar-refractivity contribution in [3.8, 4) is 0 Å². The number of carbonyl (C=O) groups excluding carboxylic acids is 1. The van der Waals surface area contributed by atoms with E-state index in [9.17, 15) is 4.79 Å². The highest BCUT2D eigenvalue weighted by atomic mass is 16.3. The summed E-state index contributed by atoms with van der Waals surface area (Å²) in [6, 6.07) is 9.21. The molecule has 0 aliphatic heterocycles. The van der Waals surface area contributed by atoms with Crippen molar-refractivity contribution in [2.75, 3.05) is 6.61 Å². The van der Waals surface area contributed by atoms with E-state index >= 15 is 0 Å². The smallest absolute Gasteiger partial charge is 0.252 e. The molecule has 0 bridgehead atoms. The van der Waals surface area contributed by atoms with E-state index in [-0.39, 0.29) is 18.6 Å². The third kappa shape index (κ3) is 2.65. The number of benzene rings is 1. The second-order valence-corrected chi connectivity index (χ2v) is 4.26. The van der Waals surface area contributed by atoms with E-state index in [2.05, 4.69) is 10.3 Å². The van der Waals surface area contributed by atoms with E-state index in [1.54, 1.807) is 12.3 Å². The van der Waals surface area contributed by atoms with E-state index in [1.165, 1.54) is 0 Å². The molecule has 0 aliphatic carbocycles. The molecule has 1 aromatic heterocycles. The molecule has 4 heteroatoms. The maximum atomic E-state index is 12.1. The number of aliphatic hydroxyl groups excluding tert-OH is 1. The topological polar surface area (TPSA) is 62.2 Å². The lowest BCUT2D eigenvalue weighted by atomic mass is 10.1. The molecule has 18 heavy (non-hydrogen) atoms. The van der Waals surface area contributed by atoms with Crippen LogP contribution in [0.4, 0.5) is 0 Å². The Morgan fingerprint density at radius 2 is 2.17 bits per heavy atom. The van der Waals surface area contributed by atoms with Gasteiger partial charge in [0.1, 0.15) is 0 Å². The zero-order chi connectivity index (χ0) is 13.0. The van der Waals surface area contributed by atoms with Crippen molar-refractivity contribution in [2.24, 2.45) is 0 Å². The van der Waals surface area contributed by atoms with E-state index < -0.39 is 0 Å². The van der Waals surface area contributed by atoms with Crippen LogP contribution in [-0.2, 0) is 0 Å². The molecular weight excluding hydrogens is 228 g/mol. The Morgan fingerprint density at radius 1 is 1.39 bits per heavy atom. The van der Waals surface area contributed by atoms with E-state index in [0.29, 0.717) is 12.0 Å². The van der Waals surface area contributed by atoms with E-state index in [1.807, 2.05) is 31.2 Å². The Labute approximate surface area is 106 Å². The number of nitrogens with zero attached hydrogens (tertiary/aromatic N) is 1. The summed E-state index contributed by atoms with van der Waals surface area (Å²) in [5.41, 5.74) is 1.42. The number of aliphatic hydroxyl groups is 1. The summed E-state index contributed by atoms with van der Waals surface area (Å²) in [7, 11) is 0. The van der Waals surface area contributed by atoms with Gasteiger partial charge in [-0.2, -0.15) is 0 Å². The van der Waals surface area contributed by atoms with Crippen LogP contribution in [0.25, 0.3) is 10.9 Å². The van der Waals surface area contributed by atoms with Crippen LogP contribution < -0.4 is 5.32 Å². The minimum atomic E-state index is -0.130. The third-order valence-corrected chi connectivity index (χ3v) is 2.83. The quantitative estimate of drug-likeness (QED) is 0.861. The average molecular weight is 244 g/mol. The van der Waals surface area contributed by atoms with Crippen LogP contribution in [0, 0.1) is 0 Å². The Bertz CT molecular complexity index is 549. The zero-order valence-electron chi connectivity index (χ0n) is 10.3. The molecule has 0 aliphatic rings. The summed E-state index contributed by atoms with van der Waals surface area (Å²) < 4.78 is 0. The van der Waals surface area contributed by atoms with Gasteiger partial charge in [0.05, 0.1) is 11.1 Å². The molecule has 1 amide bonds. The first-order valence-corrected chi connectivity index (χ1v) is 5.98. The van der Waals surface area contributed by atoms with Gasteiger partial charge in [0, 0.05) is 24.2 Å². The van der Waals surface area contributed by atoms with Crippen molar-refractivity contribution in [3.05, 3.63) is 42.1 Å². The van der Waals surface area contributed by atoms with Gasteiger partial charge in [0.25, 0.3) is 5.91 Å². The van der Waals surface area contributed by atoms with Gasteiger partial charge in [-0.05, 0) is 25.5 Å². The molecular formula is C14H16N2O2. The molecule has 94 valence electrons. The fourth-order valence-electron chi connectivity index (χ4n) is 1.86. The van der Waals surface area contributed by atoms with Crippen molar-refractivity contribution in [1.82, 2.24) is 10.3 Å². The lowest BCUT2D eigenvalue weighted by Crippen LogP contribution is -2.33. The van der Waals surface area contributed by atoms with Crippen LogP contribution in [0.2, 0.25) is 0 Å². The monoisotopic (exact) mass is 244 g/mol. The second-order valence-electron chi connectivity index (χ2n) is 4.26. The number of nitrogens with one attached hydrogen (secondary N) is 1. The Balaban J connectivity index is 2.28. The third-order valence-electron chi connectivity index (χ3n) is 2.83. The van der Waals surface area contributed by atoms with Crippen molar-refractivity contribution < 1.29 is 9.90 Å². The lowest BCUT2D eigenvalue weighted by molar-refractivity contribution is 0.0936. The largest absolute Gasteiger partial charge is 0.396 e. The number of hydrogen-bond donors (Lipinski definition) is 2. The molecule has 0 saturated carbocycles. The van der Waals surface area contributed by atoms with Gasteiger partial charge in [-0.25, -0.2) is 0 Å². The van der Waals surface area contributed by atoms with Crippen molar-refractivity contribution in [2.45, 2.75) is 19.4 Å². The van der Waals surface area contributed by atoms with Crippen molar-refractivity contribution in [3.63, 3.8) is 0 Å². The van der Waals surface area contributed by atoms with Crippen molar-refractivity contribution >= 4 is 16.8 Å². The highest BCUT2D eigenvalue weighted by molar-refractivity contribution is 6.06. The predicted octanol–water partition coefficient (Wildman–Crippen LogP) is 1.74. The summed E-state index contributed by atoms with van der Waals surface area (Å²) in [6.07, 6.45) is 2.18. The van der Waals surface area contributed by atoms with Gasteiger partial charge in [-0.15, -0.1) is 0 Å². The number of fused-ring (bicyclic) bond motifs is 1. The molecule has 0 spiro atoms. The van der Waals surface area contributed by atoms with Crippen LogP contribution in [0.1, 0.15) is 23.7 Å². The molecule has 1 unspecified atom stereocenters. The second kappa shape index (κ2) is 5.60. The fourth-order valence-corrected chi connectivity index (χ4v) is 1.86. The van der Waals surface area contributed by atoms with Gasteiger partial charge in [0.15, 0.2) is 0 Å². The molecule has 0 fully saturated rings. The summed E-state index contributed by atoms with van der Waals surface area (Å²) in [4.78, 5) is 16.3. The Hall–Kier alpha value is -1.94. The molecule has 0 saturated heterocycles. The van der Waals surface area contributed by atoms with Crippen molar-refractivity contribution in [1.29, 1.82) is 0 Å². The molecule has 2 N–H and O–H groups in total. The summed E-state index contributed by atoms with van der Waals surface area (Å²) in [6.45, 7) is 1.94. The molecule has 2 rings (SSSR count). The predicted molar refractivity (Wildman–Crippen MR) is 70.4 cm³/mol. The lowest BCUT2D eigenvalue weighted by Gasteiger charge is -2.13. The van der Waals surface area contributed by atoms with Crippen LogP contribution in [-0.4, -0.2) is 28.6 Å². The summed E-state index contributed by atoms with van der Waals surface area (Å²) in [5, 5.41) is 12.5. The normalized spacial score (nSPS) is 12.3. The first kappa shape index (κ1) is 12.5. The molecule has 1 atom stereocenters. The Morgan fingerprint density at radius 3 is 2.94 bits per heavy atom. The minimum absolute atomic E-state index is 0.0468. The number of para-hydroxylation sites is 1. The van der Waals surface area contributed by atoms with Gasteiger partial charge in [-0.3, -0.25) is 9.78 Å². The maximum absolute atomic E-state index is 12.1. The number of pyridine rings is 1. The molecule has 1 heterocycles. The van der Waals surface area contributed by atoms with Crippen LogP contribution >= 0.6 is 0 Å². The Kier molecular flexibility index (Phi) is 3.89. The van der Waals surface area contributed by atoms with E-state index in [0.717, 1.165) is 10.9 Å². The van der Waals surface area contributed by atoms with Crippen LogP contribution in [0.5, 0.6) is 0 Å². The molecule has 1 aromatic carbocycles. The highest BCUT2D eigenvalue weighted by Gasteiger charge is 2.12. The first-order chi connectivity index (χ1) is 8.72. The SMILES string of the molecule is CC(CCO)NC(=O)c1ccnc2ccccc12. The summed E-state index contributed by atoms with van der Waals surface area (Å²) >= 11 is 0. The maximum Gasteiger partial charge on any atom is 0.252 e. The average Bonchev–Trinajstić information content (AvgIpc) is 2.38. The molecule has 0 radical (unpaired) electrons. The number of hydrogen-bond acceptors (Lipinski definition) is 3. The highest BCUT2D eigenvalue weighted by Crippen LogP contribution is 2.16. The summed E-state index contributed by atoms with van der Waals surface area (Å²) in [5.74, 6) is -0.130. The number of amides is 1. The fraction of sp³-hybridized carbons (Fsp3) is 0.286. The van der Waals surface area contributed by atoms with Crippen LogP contribution in [0.3, 0.4) is 0 Å². The molecule has 2 aromatic rings. The van der Waals surface area contributed by atoms with Gasteiger partial charge < -0.3 is 10.4 Å². The zero-order valence-corrected chi connectivity index (χ0v) is 10.3. The minimum Gasteiger partial charge on any atom is -0.396 e.